The third-order valence-corrected chi connectivity index (χ3v) is 4.62. The monoisotopic (exact) mass is 245 g/mol. The van der Waals surface area contributed by atoms with Gasteiger partial charge in [-0.3, -0.25) is 0 Å². The van der Waals surface area contributed by atoms with Crippen LogP contribution in [0.2, 0.25) is 0 Å². The van der Waals surface area contributed by atoms with Crippen LogP contribution in [0, 0.1) is 5.41 Å². The van der Waals surface area contributed by atoms with Crippen molar-refractivity contribution in [2.24, 2.45) is 5.41 Å². The van der Waals surface area contributed by atoms with Crippen LogP contribution in [0.4, 0.5) is 5.82 Å². The normalized spacial score (nSPS) is 21.6. The molecule has 3 nitrogen and oxygen atoms in total. The van der Waals surface area contributed by atoms with Crippen LogP contribution in [-0.4, -0.2) is 16.5 Å². The first-order valence-corrected chi connectivity index (χ1v) is 7.33. The molecule has 0 amide bonds. The molecule has 1 heterocycles. The van der Waals surface area contributed by atoms with Gasteiger partial charge in [0, 0.05) is 17.8 Å². The number of aromatic nitrogens is 2. The molecule has 1 fully saturated rings. The predicted octanol–water partition coefficient (Wildman–Crippen LogP) is 3.35. The largest absolute Gasteiger partial charge is 0.369 e. The van der Waals surface area contributed by atoms with Crippen LogP contribution in [0.15, 0.2) is 6.33 Å². The Morgan fingerprint density at radius 1 is 1.11 bits per heavy atom. The first-order valence-electron chi connectivity index (χ1n) is 7.33. The van der Waals surface area contributed by atoms with E-state index < -0.39 is 0 Å². The van der Waals surface area contributed by atoms with Crippen LogP contribution in [-0.2, 0) is 12.8 Å². The summed E-state index contributed by atoms with van der Waals surface area (Å²) in [5, 5.41) is 3.60. The Morgan fingerprint density at radius 3 is 2.78 bits per heavy atom. The van der Waals surface area contributed by atoms with Crippen molar-refractivity contribution in [3.63, 3.8) is 0 Å². The second kappa shape index (κ2) is 4.87. The summed E-state index contributed by atoms with van der Waals surface area (Å²) in [5.41, 5.74) is 3.10. The molecule has 0 atom stereocenters. The topological polar surface area (TPSA) is 37.8 Å². The van der Waals surface area contributed by atoms with Crippen molar-refractivity contribution in [1.82, 2.24) is 9.97 Å². The van der Waals surface area contributed by atoms with Gasteiger partial charge in [0.1, 0.15) is 12.1 Å². The third-order valence-electron chi connectivity index (χ3n) is 4.62. The van der Waals surface area contributed by atoms with E-state index in [4.69, 9.17) is 0 Å². The maximum Gasteiger partial charge on any atom is 0.132 e. The van der Waals surface area contributed by atoms with Gasteiger partial charge in [0.05, 0.1) is 0 Å². The molecule has 0 bridgehead atoms. The highest BCUT2D eigenvalue weighted by Gasteiger charge is 2.27. The van der Waals surface area contributed by atoms with Crippen LogP contribution >= 0.6 is 0 Å². The quantitative estimate of drug-likeness (QED) is 0.887. The Labute approximate surface area is 109 Å². The maximum absolute atomic E-state index is 4.44. The van der Waals surface area contributed by atoms with Gasteiger partial charge < -0.3 is 5.32 Å². The summed E-state index contributed by atoms with van der Waals surface area (Å²) in [4.78, 5) is 8.82. The fraction of sp³-hybridized carbons (Fsp3) is 0.733. The second-order valence-electron chi connectivity index (χ2n) is 6.23. The van der Waals surface area contributed by atoms with E-state index in [2.05, 4.69) is 22.2 Å². The van der Waals surface area contributed by atoms with Gasteiger partial charge in [-0.15, -0.1) is 0 Å². The Hall–Kier alpha value is -1.12. The summed E-state index contributed by atoms with van der Waals surface area (Å²) >= 11 is 0. The lowest BCUT2D eigenvalue weighted by Gasteiger charge is -2.34. The Balaban J connectivity index is 1.68. The Morgan fingerprint density at radius 2 is 1.94 bits per heavy atom. The molecule has 0 aliphatic heterocycles. The highest BCUT2D eigenvalue weighted by Crippen LogP contribution is 2.36. The minimum absolute atomic E-state index is 0.467. The fourth-order valence-corrected chi connectivity index (χ4v) is 3.39. The lowest BCUT2D eigenvalue weighted by molar-refractivity contribution is 0.233. The molecular formula is C15H23N3. The molecule has 3 rings (SSSR count). The average molecular weight is 245 g/mol. The Kier molecular flexibility index (Phi) is 3.23. The van der Waals surface area contributed by atoms with Crippen LogP contribution in [0.25, 0.3) is 0 Å². The summed E-state index contributed by atoms with van der Waals surface area (Å²) in [5.74, 6) is 1.10. The minimum atomic E-state index is 0.467. The molecule has 98 valence electrons. The Bertz CT molecular complexity index is 422. The number of hydrogen-bond donors (Lipinski definition) is 1. The second-order valence-corrected chi connectivity index (χ2v) is 6.23. The van der Waals surface area contributed by atoms with Crippen molar-refractivity contribution in [3.8, 4) is 0 Å². The van der Waals surface area contributed by atoms with E-state index in [1.54, 1.807) is 6.33 Å². The van der Waals surface area contributed by atoms with Gasteiger partial charge >= 0.3 is 0 Å². The first kappa shape index (κ1) is 11.9. The first-order chi connectivity index (χ1) is 8.77. The van der Waals surface area contributed by atoms with Crippen molar-refractivity contribution in [1.29, 1.82) is 0 Å². The van der Waals surface area contributed by atoms with E-state index in [9.17, 15) is 0 Å². The highest BCUT2D eigenvalue weighted by molar-refractivity contribution is 5.48. The predicted molar refractivity (Wildman–Crippen MR) is 73.7 cm³/mol. The highest BCUT2D eigenvalue weighted by atomic mass is 15.0. The van der Waals surface area contributed by atoms with Crippen molar-refractivity contribution in [2.75, 3.05) is 11.9 Å². The van der Waals surface area contributed by atoms with Crippen molar-refractivity contribution < 1.29 is 0 Å². The molecule has 3 heteroatoms. The summed E-state index contributed by atoms with van der Waals surface area (Å²) in [6, 6.07) is 0. The number of rotatable bonds is 3. The molecule has 2 aliphatic carbocycles. The van der Waals surface area contributed by atoms with Crippen molar-refractivity contribution in [3.05, 3.63) is 17.6 Å². The molecule has 0 radical (unpaired) electrons. The SMILES string of the molecule is CC1(CNc2ncnc3c2CCC3)CCCCC1. The number of nitrogens with one attached hydrogen (secondary N) is 1. The van der Waals surface area contributed by atoms with E-state index in [0.29, 0.717) is 5.41 Å². The third kappa shape index (κ3) is 2.36. The molecule has 0 aromatic carbocycles. The fourth-order valence-electron chi connectivity index (χ4n) is 3.39. The van der Waals surface area contributed by atoms with Gasteiger partial charge in [-0.25, -0.2) is 9.97 Å². The molecule has 0 unspecified atom stereocenters. The van der Waals surface area contributed by atoms with Gasteiger partial charge in [-0.05, 0) is 37.5 Å². The van der Waals surface area contributed by atoms with Crippen molar-refractivity contribution in [2.45, 2.75) is 58.3 Å². The molecule has 2 aliphatic rings. The lowest BCUT2D eigenvalue weighted by Crippen LogP contribution is -2.29. The smallest absolute Gasteiger partial charge is 0.132 e. The number of hydrogen-bond acceptors (Lipinski definition) is 3. The summed E-state index contributed by atoms with van der Waals surface area (Å²) < 4.78 is 0. The van der Waals surface area contributed by atoms with Crippen LogP contribution < -0.4 is 5.32 Å². The molecule has 0 saturated heterocycles. The molecular weight excluding hydrogens is 222 g/mol. The van der Waals surface area contributed by atoms with Gasteiger partial charge in [-0.1, -0.05) is 26.2 Å². The molecule has 1 aromatic rings. The molecule has 18 heavy (non-hydrogen) atoms. The van der Waals surface area contributed by atoms with Crippen molar-refractivity contribution >= 4 is 5.82 Å². The number of aryl methyl sites for hydroxylation is 1. The summed E-state index contributed by atoms with van der Waals surface area (Å²) in [6.45, 7) is 3.48. The number of anilines is 1. The van der Waals surface area contributed by atoms with E-state index in [1.807, 2.05) is 0 Å². The average Bonchev–Trinajstić information content (AvgIpc) is 2.86. The van der Waals surface area contributed by atoms with E-state index >= 15 is 0 Å². The van der Waals surface area contributed by atoms with Gasteiger partial charge in [0.2, 0.25) is 0 Å². The molecule has 1 N–H and O–H groups in total. The number of fused-ring (bicyclic) bond motifs is 1. The van der Waals surface area contributed by atoms with Gasteiger partial charge in [-0.2, -0.15) is 0 Å². The van der Waals surface area contributed by atoms with Gasteiger partial charge in [0.15, 0.2) is 0 Å². The number of nitrogens with zero attached hydrogens (tertiary/aromatic N) is 2. The minimum Gasteiger partial charge on any atom is -0.369 e. The van der Waals surface area contributed by atoms with Crippen LogP contribution in [0.3, 0.4) is 0 Å². The summed E-state index contributed by atoms with van der Waals surface area (Å²) in [7, 11) is 0. The van der Waals surface area contributed by atoms with Crippen LogP contribution in [0.1, 0.15) is 56.7 Å². The molecule has 1 aromatic heterocycles. The molecule has 0 spiro atoms. The van der Waals surface area contributed by atoms with E-state index in [1.165, 1.54) is 49.8 Å². The standard InChI is InChI=1S/C15H23N3/c1-15(8-3-2-4-9-15)10-16-14-12-6-5-7-13(12)17-11-18-14/h11H,2-10H2,1H3,(H,16,17,18). The maximum atomic E-state index is 4.44. The zero-order valence-corrected chi connectivity index (χ0v) is 11.3. The van der Waals surface area contributed by atoms with Gasteiger partial charge in [0.25, 0.3) is 0 Å². The van der Waals surface area contributed by atoms with E-state index in [0.717, 1.165) is 25.2 Å². The lowest BCUT2D eigenvalue weighted by atomic mass is 9.76. The van der Waals surface area contributed by atoms with E-state index in [-0.39, 0.29) is 0 Å². The molecule has 1 saturated carbocycles. The zero-order chi connectivity index (χ0) is 12.4. The van der Waals surface area contributed by atoms with Crippen LogP contribution in [0.5, 0.6) is 0 Å². The summed E-state index contributed by atoms with van der Waals surface area (Å²) in [6.07, 6.45) is 12.1. The zero-order valence-electron chi connectivity index (χ0n) is 11.3.